The molecule has 1 fully saturated rings. The molecule has 1 saturated carbocycles. The quantitative estimate of drug-likeness (QED) is 0.918. The van der Waals surface area contributed by atoms with E-state index in [9.17, 15) is 4.79 Å². The van der Waals surface area contributed by atoms with E-state index in [1.54, 1.807) is 0 Å². The lowest BCUT2D eigenvalue weighted by atomic mass is 9.79. The van der Waals surface area contributed by atoms with Gasteiger partial charge in [-0.15, -0.1) is 0 Å². The molecule has 0 radical (unpaired) electrons. The summed E-state index contributed by atoms with van der Waals surface area (Å²) in [4.78, 5) is 17.2. The first-order valence-electron chi connectivity index (χ1n) is 6.37. The summed E-state index contributed by atoms with van der Waals surface area (Å²) in [5, 5.41) is 8.91. The Bertz CT molecular complexity index is 629. The van der Waals surface area contributed by atoms with E-state index >= 15 is 0 Å². The zero-order chi connectivity index (χ0) is 13.6. The molecule has 1 aliphatic carbocycles. The Kier molecular flexibility index (Phi) is 2.69. The minimum atomic E-state index is -0.689. The third kappa shape index (κ3) is 2.05. The fourth-order valence-electron chi connectivity index (χ4n) is 2.56. The van der Waals surface area contributed by atoms with Crippen LogP contribution >= 0.6 is 0 Å². The Morgan fingerprint density at radius 1 is 1.47 bits per heavy atom. The third-order valence-corrected chi connectivity index (χ3v) is 3.90. The predicted molar refractivity (Wildman–Crippen MR) is 71.3 cm³/mol. The number of rotatable bonds is 3. The fourth-order valence-corrected chi connectivity index (χ4v) is 2.56. The summed E-state index contributed by atoms with van der Waals surface area (Å²) >= 11 is 0. The SMILES string of the molecule is Cc1nc2ccc(N(C)C3CC(C(=O)O)C3)cc2o1. The molecule has 100 valence electrons. The molecule has 3 rings (SSSR count). The van der Waals surface area contributed by atoms with E-state index in [4.69, 9.17) is 9.52 Å². The summed E-state index contributed by atoms with van der Waals surface area (Å²) in [5.41, 5.74) is 2.67. The molecule has 19 heavy (non-hydrogen) atoms. The highest BCUT2D eigenvalue weighted by molar-refractivity contribution is 5.78. The van der Waals surface area contributed by atoms with Crippen LogP contribution in [0.1, 0.15) is 18.7 Å². The second kappa shape index (κ2) is 4.26. The molecule has 0 saturated heterocycles. The first-order valence-corrected chi connectivity index (χ1v) is 6.37. The number of oxazole rings is 1. The number of nitrogens with zero attached hydrogens (tertiary/aromatic N) is 2. The molecule has 0 bridgehead atoms. The highest BCUT2D eigenvalue weighted by Crippen LogP contribution is 2.34. The molecule has 5 nitrogen and oxygen atoms in total. The Morgan fingerprint density at radius 3 is 2.89 bits per heavy atom. The van der Waals surface area contributed by atoms with Gasteiger partial charge in [-0.05, 0) is 25.0 Å². The maximum absolute atomic E-state index is 10.8. The lowest BCUT2D eigenvalue weighted by Gasteiger charge is -2.40. The average molecular weight is 260 g/mol. The molecule has 0 atom stereocenters. The van der Waals surface area contributed by atoms with Gasteiger partial charge in [0.15, 0.2) is 11.5 Å². The summed E-state index contributed by atoms with van der Waals surface area (Å²) in [6.45, 7) is 1.83. The lowest BCUT2D eigenvalue weighted by Crippen LogP contribution is -2.45. The number of carboxylic acids is 1. The van der Waals surface area contributed by atoms with Crippen molar-refractivity contribution >= 4 is 22.8 Å². The van der Waals surface area contributed by atoms with E-state index in [2.05, 4.69) is 9.88 Å². The summed E-state index contributed by atoms with van der Waals surface area (Å²) in [5.74, 6) is -0.223. The largest absolute Gasteiger partial charge is 0.481 e. The van der Waals surface area contributed by atoms with Gasteiger partial charge >= 0.3 is 5.97 Å². The number of aryl methyl sites for hydroxylation is 1. The average Bonchev–Trinajstić information content (AvgIpc) is 2.65. The molecule has 0 unspecified atom stereocenters. The van der Waals surface area contributed by atoms with E-state index in [-0.39, 0.29) is 5.92 Å². The topological polar surface area (TPSA) is 66.6 Å². The molecule has 0 amide bonds. The van der Waals surface area contributed by atoms with Crippen molar-refractivity contribution in [3.8, 4) is 0 Å². The zero-order valence-corrected chi connectivity index (χ0v) is 11.0. The van der Waals surface area contributed by atoms with Crippen molar-refractivity contribution in [1.82, 2.24) is 4.98 Å². The Balaban J connectivity index is 1.78. The monoisotopic (exact) mass is 260 g/mol. The van der Waals surface area contributed by atoms with Crippen LogP contribution in [0, 0.1) is 12.8 Å². The molecule has 0 spiro atoms. The fraction of sp³-hybridized carbons (Fsp3) is 0.429. The molecule has 0 aliphatic heterocycles. The van der Waals surface area contributed by atoms with Crippen molar-refractivity contribution in [1.29, 1.82) is 0 Å². The van der Waals surface area contributed by atoms with Gasteiger partial charge in [0, 0.05) is 31.8 Å². The Labute approximate surface area is 110 Å². The van der Waals surface area contributed by atoms with Crippen molar-refractivity contribution in [3.05, 3.63) is 24.1 Å². The Morgan fingerprint density at radius 2 is 2.21 bits per heavy atom. The molecule has 2 aromatic rings. The van der Waals surface area contributed by atoms with Crippen LogP contribution in [-0.2, 0) is 4.79 Å². The van der Waals surface area contributed by atoms with Gasteiger partial charge in [0.25, 0.3) is 0 Å². The zero-order valence-electron chi connectivity index (χ0n) is 11.0. The van der Waals surface area contributed by atoms with Crippen molar-refractivity contribution in [2.24, 2.45) is 5.92 Å². The summed E-state index contributed by atoms with van der Waals surface area (Å²) < 4.78 is 5.52. The van der Waals surface area contributed by atoms with Crippen LogP contribution in [0.4, 0.5) is 5.69 Å². The number of aliphatic carboxylic acids is 1. The maximum Gasteiger partial charge on any atom is 0.306 e. The van der Waals surface area contributed by atoms with Gasteiger partial charge in [-0.2, -0.15) is 0 Å². The van der Waals surface area contributed by atoms with E-state index in [0.29, 0.717) is 24.8 Å². The van der Waals surface area contributed by atoms with Gasteiger partial charge in [-0.25, -0.2) is 4.98 Å². The predicted octanol–water partition coefficient (Wildman–Crippen LogP) is 2.44. The van der Waals surface area contributed by atoms with Crippen LogP contribution in [0.2, 0.25) is 0 Å². The summed E-state index contributed by atoms with van der Waals surface area (Å²) in [6.07, 6.45) is 1.42. The number of anilines is 1. The smallest absolute Gasteiger partial charge is 0.306 e. The van der Waals surface area contributed by atoms with Crippen LogP contribution < -0.4 is 4.90 Å². The highest BCUT2D eigenvalue weighted by Gasteiger charge is 2.36. The van der Waals surface area contributed by atoms with Crippen LogP contribution in [0.15, 0.2) is 22.6 Å². The number of carbonyl (C=O) groups is 1. The van der Waals surface area contributed by atoms with Crippen LogP contribution in [0.3, 0.4) is 0 Å². The van der Waals surface area contributed by atoms with Gasteiger partial charge in [-0.1, -0.05) is 0 Å². The first-order chi connectivity index (χ1) is 9.04. The van der Waals surface area contributed by atoms with Gasteiger partial charge in [0.05, 0.1) is 5.92 Å². The number of hydrogen-bond donors (Lipinski definition) is 1. The Hall–Kier alpha value is -2.04. The number of carboxylic acid groups (broad SMARTS) is 1. The van der Waals surface area contributed by atoms with E-state index in [0.717, 1.165) is 16.8 Å². The van der Waals surface area contributed by atoms with Crippen LogP contribution in [0.25, 0.3) is 11.1 Å². The third-order valence-electron chi connectivity index (χ3n) is 3.90. The van der Waals surface area contributed by atoms with Crippen LogP contribution in [0.5, 0.6) is 0 Å². The molecule has 1 heterocycles. The number of aromatic nitrogens is 1. The van der Waals surface area contributed by atoms with E-state index in [1.165, 1.54) is 0 Å². The second-order valence-corrected chi connectivity index (χ2v) is 5.16. The molecule has 1 aromatic heterocycles. The van der Waals surface area contributed by atoms with Crippen molar-refractivity contribution in [3.63, 3.8) is 0 Å². The highest BCUT2D eigenvalue weighted by atomic mass is 16.4. The lowest BCUT2D eigenvalue weighted by molar-refractivity contribution is -0.145. The molecular weight excluding hydrogens is 244 g/mol. The first kappa shape index (κ1) is 12.0. The molecule has 1 aromatic carbocycles. The molecule has 1 aliphatic rings. The van der Waals surface area contributed by atoms with Crippen molar-refractivity contribution in [2.75, 3.05) is 11.9 Å². The van der Waals surface area contributed by atoms with Crippen molar-refractivity contribution in [2.45, 2.75) is 25.8 Å². The minimum Gasteiger partial charge on any atom is -0.481 e. The maximum atomic E-state index is 10.8. The molecule has 1 N–H and O–H groups in total. The van der Waals surface area contributed by atoms with E-state index < -0.39 is 5.97 Å². The van der Waals surface area contributed by atoms with Crippen LogP contribution in [-0.4, -0.2) is 29.1 Å². The number of fused-ring (bicyclic) bond motifs is 1. The van der Waals surface area contributed by atoms with Gasteiger partial charge < -0.3 is 14.4 Å². The van der Waals surface area contributed by atoms with Gasteiger partial charge in [0.2, 0.25) is 0 Å². The molecular formula is C14H16N2O3. The van der Waals surface area contributed by atoms with Crippen molar-refractivity contribution < 1.29 is 14.3 Å². The minimum absolute atomic E-state index is 0.191. The normalized spacial score (nSPS) is 22.2. The number of benzene rings is 1. The molecule has 5 heteroatoms. The van der Waals surface area contributed by atoms with E-state index in [1.807, 2.05) is 32.2 Å². The summed E-state index contributed by atoms with van der Waals surface area (Å²) in [6, 6.07) is 6.19. The standard InChI is InChI=1S/C14H16N2O3/c1-8-15-12-4-3-10(7-13(12)19-8)16(2)11-5-9(6-11)14(17)18/h3-4,7,9,11H,5-6H2,1-2H3,(H,17,18). The number of hydrogen-bond acceptors (Lipinski definition) is 4. The van der Waals surface area contributed by atoms with Gasteiger partial charge in [-0.3, -0.25) is 4.79 Å². The van der Waals surface area contributed by atoms with Gasteiger partial charge in [0.1, 0.15) is 5.52 Å². The second-order valence-electron chi connectivity index (χ2n) is 5.16. The summed E-state index contributed by atoms with van der Waals surface area (Å²) in [7, 11) is 1.99.